The standard InChI is InChI=1S/C16H25NO/c18-13-16-8-6-15(7-9-16)12-17-11-10-14-4-2-1-3-5-14/h6-9,14,17-18H,1-5,10-13H2. The Kier molecular flexibility index (Phi) is 5.69. The summed E-state index contributed by atoms with van der Waals surface area (Å²) < 4.78 is 0. The molecule has 18 heavy (non-hydrogen) atoms. The van der Waals surface area contributed by atoms with Crippen LogP contribution in [0.3, 0.4) is 0 Å². The third-order valence-corrected chi connectivity index (χ3v) is 3.99. The van der Waals surface area contributed by atoms with Crippen molar-refractivity contribution in [3.8, 4) is 0 Å². The highest BCUT2D eigenvalue weighted by Crippen LogP contribution is 2.25. The summed E-state index contributed by atoms with van der Waals surface area (Å²) >= 11 is 0. The van der Waals surface area contributed by atoms with Crippen LogP contribution in [0.25, 0.3) is 0 Å². The smallest absolute Gasteiger partial charge is 0.0681 e. The topological polar surface area (TPSA) is 32.3 Å². The van der Waals surface area contributed by atoms with Crippen molar-refractivity contribution in [2.24, 2.45) is 5.92 Å². The molecule has 2 heteroatoms. The second-order valence-corrected chi connectivity index (χ2v) is 5.44. The third-order valence-electron chi connectivity index (χ3n) is 3.99. The highest BCUT2D eigenvalue weighted by Gasteiger charge is 2.12. The molecule has 1 aromatic rings. The molecule has 1 saturated carbocycles. The van der Waals surface area contributed by atoms with Crippen LogP contribution in [0.1, 0.15) is 49.7 Å². The highest BCUT2D eigenvalue weighted by atomic mass is 16.3. The lowest BCUT2D eigenvalue weighted by Crippen LogP contribution is -2.19. The second kappa shape index (κ2) is 7.55. The number of rotatable bonds is 6. The van der Waals surface area contributed by atoms with Gasteiger partial charge in [-0.05, 0) is 30.0 Å². The van der Waals surface area contributed by atoms with Crippen LogP contribution in [-0.4, -0.2) is 11.7 Å². The minimum Gasteiger partial charge on any atom is -0.392 e. The fourth-order valence-electron chi connectivity index (χ4n) is 2.78. The van der Waals surface area contributed by atoms with Gasteiger partial charge in [0.25, 0.3) is 0 Å². The lowest BCUT2D eigenvalue weighted by molar-refractivity contribution is 0.282. The number of hydrogen-bond acceptors (Lipinski definition) is 2. The summed E-state index contributed by atoms with van der Waals surface area (Å²) in [4.78, 5) is 0. The molecule has 0 saturated heterocycles. The Hall–Kier alpha value is -0.860. The first-order valence-electron chi connectivity index (χ1n) is 7.28. The lowest BCUT2D eigenvalue weighted by atomic mass is 9.87. The molecule has 0 heterocycles. The largest absolute Gasteiger partial charge is 0.392 e. The van der Waals surface area contributed by atoms with Crippen LogP contribution < -0.4 is 5.32 Å². The molecule has 0 amide bonds. The quantitative estimate of drug-likeness (QED) is 0.756. The van der Waals surface area contributed by atoms with Crippen molar-refractivity contribution in [1.82, 2.24) is 5.32 Å². The monoisotopic (exact) mass is 247 g/mol. The van der Waals surface area contributed by atoms with E-state index in [9.17, 15) is 0 Å². The van der Waals surface area contributed by atoms with Gasteiger partial charge in [0.1, 0.15) is 0 Å². The normalized spacial score (nSPS) is 16.9. The molecule has 2 rings (SSSR count). The van der Waals surface area contributed by atoms with E-state index in [2.05, 4.69) is 17.4 Å². The number of hydrogen-bond donors (Lipinski definition) is 2. The number of aliphatic hydroxyl groups excluding tert-OH is 1. The summed E-state index contributed by atoms with van der Waals surface area (Å²) in [6, 6.07) is 8.19. The Balaban J connectivity index is 1.62. The average molecular weight is 247 g/mol. The zero-order valence-corrected chi connectivity index (χ0v) is 11.2. The number of nitrogens with one attached hydrogen (secondary N) is 1. The summed E-state index contributed by atoms with van der Waals surface area (Å²) in [7, 11) is 0. The fraction of sp³-hybridized carbons (Fsp3) is 0.625. The molecule has 2 N–H and O–H groups in total. The Morgan fingerprint density at radius 3 is 2.33 bits per heavy atom. The van der Waals surface area contributed by atoms with Crippen LogP contribution in [0.4, 0.5) is 0 Å². The van der Waals surface area contributed by atoms with Gasteiger partial charge in [-0.15, -0.1) is 0 Å². The van der Waals surface area contributed by atoms with Gasteiger partial charge >= 0.3 is 0 Å². The maximum absolute atomic E-state index is 8.97. The van der Waals surface area contributed by atoms with Crippen molar-refractivity contribution in [3.05, 3.63) is 35.4 Å². The van der Waals surface area contributed by atoms with E-state index in [-0.39, 0.29) is 6.61 Å². The van der Waals surface area contributed by atoms with Gasteiger partial charge in [-0.3, -0.25) is 0 Å². The molecule has 0 aliphatic heterocycles. The summed E-state index contributed by atoms with van der Waals surface area (Å²) in [6.45, 7) is 2.21. The fourth-order valence-corrected chi connectivity index (χ4v) is 2.78. The van der Waals surface area contributed by atoms with Crippen LogP contribution >= 0.6 is 0 Å². The SMILES string of the molecule is OCc1ccc(CNCCC2CCCCC2)cc1. The third kappa shape index (κ3) is 4.43. The van der Waals surface area contributed by atoms with Gasteiger partial charge in [0.2, 0.25) is 0 Å². The summed E-state index contributed by atoms with van der Waals surface area (Å²) in [6.07, 6.45) is 8.52. The van der Waals surface area contributed by atoms with Crippen LogP contribution in [0.15, 0.2) is 24.3 Å². The molecule has 0 radical (unpaired) electrons. The summed E-state index contributed by atoms with van der Waals surface area (Å²) in [5, 5.41) is 12.5. The zero-order valence-electron chi connectivity index (χ0n) is 11.2. The van der Waals surface area contributed by atoms with Crippen LogP contribution in [0.5, 0.6) is 0 Å². The number of benzene rings is 1. The van der Waals surface area contributed by atoms with Crippen molar-refractivity contribution >= 4 is 0 Å². The van der Waals surface area contributed by atoms with Crippen LogP contribution in [-0.2, 0) is 13.2 Å². The van der Waals surface area contributed by atoms with Gasteiger partial charge < -0.3 is 10.4 Å². The molecule has 0 bridgehead atoms. The van der Waals surface area contributed by atoms with Gasteiger partial charge in [-0.25, -0.2) is 0 Å². The maximum Gasteiger partial charge on any atom is 0.0681 e. The Bertz CT molecular complexity index is 327. The molecule has 100 valence electrons. The van der Waals surface area contributed by atoms with E-state index in [1.165, 1.54) is 44.1 Å². The predicted octanol–water partition coefficient (Wildman–Crippen LogP) is 3.24. The van der Waals surface area contributed by atoms with Crippen molar-refractivity contribution in [3.63, 3.8) is 0 Å². The zero-order chi connectivity index (χ0) is 12.6. The van der Waals surface area contributed by atoms with Gasteiger partial charge in [-0.1, -0.05) is 56.4 Å². The van der Waals surface area contributed by atoms with Crippen molar-refractivity contribution in [2.45, 2.75) is 51.7 Å². The van der Waals surface area contributed by atoms with Crippen molar-refractivity contribution < 1.29 is 5.11 Å². The molecular formula is C16H25NO. The van der Waals surface area contributed by atoms with Crippen molar-refractivity contribution in [1.29, 1.82) is 0 Å². The van der Waals surface area contributed by atoms with E-state index in [1.54, 1.807) is 0 Å². The molecule has 0 unspecified atom stereocenters. The minimum atomic E-state index is 0.134. The molecule has 1 fully saturated rings. The molecule has 1 aliphatic rings. The van der Waals surface area contributed by atoms with Crippen molar-refractivity contribution in [2.75, 3.05) is 6.54 Å². The second-order valence-electron chi connectivity index (χ2n) is 5.44. The molecule has 0 spiro atoms. The number of aliphatic hydroxyl groups is 1. The van der Waals surface area contributed by atoms with Gasteiger partial charge in [0, 0.05) is 6.54 Å². The van der Waals surface area contributed by atoms with E-state index in [4.69, 9.17) is 5.11 Å². The summed E-state index contributed by atoms with van der Waals surface area (Å²) in [5.74, 6) is 0.961. The van der Waals surface area contributed by atoms with Crippen LogP contribution in [0, 0.1) is 5.92 Å². The predicted molar refractivity (Wildman–Crippen MR) is 75.3 cm³/mol. The molecule has 1 aromatic carbocycles. The molecule has 0 aromatic heterocycles. The Labute approximate surface area is 110 Å². The first-order valence-corrected chi connectivity index (χ1v) is 7.28. The van der Waals surface area contributed by atoms with E-state index < -0.39 is 0 Å². The van der Waals surface area contributed by atoms with E-state index in [0.29, 0.717) is 0 Å². The Morgan fingerprint density at radius 1 is 1.00 bits per heavy atom. The first-order chi connectivity index (χ1) is 8.88. The average Bonchev–Trinajstić information content (AvgIpc) is 2.45. The van der Waals surface area contributed by atoms with E-state index >= 15 is 0 Å². The van der Waals surface area contributed by atoms with Gasteiger partial charge in [-0.2, -0.15) is 0 Å². The molecule has 1 aliphatic carbocycles. The van der Waals surface area contributed by atoms with E-state index in [0.717, 1.165) is 24.6 Å². The lowest BCUT2D eigenvalue weighted by Gasteiger charge is -2.21. The molecular weight excluding hydrogens is 222 g/mol. The minimum absolute atomic E-state index is 0.134. The van der Waals surface area contributed by atoms with Gasteiger partial charge in [0.15, 0.2) is 0 Å². The summed E-state index contributed by atoms with van der Waals surface area (Å²) in [5.41, 5.74) is 2.29. The maximum atomic E-state index is 8.97. The van der Waals surface area contributed by atoms with Gasteiger partial charge in [0.05, 0.1) is 6.61 Å². The van der Waals surface area contributed by atoms with Crippen LogP contribution in [0.2, 0.25) is 0 Å². The molecule has 2 nitrogen and oxygen atoms in total. The van der Waals surface area contributed by atoms with E-state index in [1.807, 2.05) is 12.1 Å². The Morgan fingerprint density at radius 2 is 1.67 bits per heavy atom. The first kappa shape index (κ1) is 13.6. The highest BCUT2D eigenvalue weighted by molar-refractivity contribution is 5.21. The molecule has 0 atom stereocenters.